The maximum atomic E-state index is 12.7. The van der Waals surface area contributed by atoms with Crippen LogP contribution in [-0.2, 0) is 16.1 Å². The molecule has 0 N–H and O–H groups in total. The maximum absolute atomic E-state index is 12.7. The molecule has 0 radical (unpaired) electrons. The van der Waals surface area contributed by atoms with Crippen LogP contribution >= 0.6 is 0 Å². The van der Waals surface area contributed by atoms with Crippen molar-refractivity contribution in [3.63, 3.8) is 0 Å². The first-order chi connectivity index (χ1) is 12.7. The van der Waals surface area contributed by atoms with Crippen LogP contribution in [0, 0.1) is 0 Å². The smallest absolute Gasteiger partial charge is 0.272 e. The molecule has 7 nitrogen and oxygen atoms in total. The lowest BCUT2D eigenvalue weighted by Gasteiger charge is -2.39. The van der Waals surface area contributed by atoms with Crippen LogP contribution < -0.4 is 0 Å². The Balaban J connectivity index is 1.36. The minimum absolute atomic E-state index is 0.0334. The van der Waals surface area contributed by atoms with Gasteiger partial charge in [-0.15, -0.1) is 0 Å². The molecule has 0 unspecified atom stereocenters. The standard InChI is InChI=1S/C19H22N4O3/c24-18(17-5-8-20-14-22-17)23-9-3-6-19(13-23)10-16(12-26-19)25-11-15-4-1-2-7-21-15/h1-2,4-5,7-8,14,16H,3,6,9-13H2/t16-,19-/m0/s1. The summed E-state index contributed by atoms with van der Waals surface area (Å²) in [6.07, 6.45) is 7.46. The van der Waals surface area contributed by atoms with E-state index in [0.29, 0.717) is 25.5 Å². The molecule has 0 aromatic carbocycles. The highest BCUT2D eigenvalue weighted by Gasteiger charge is 2.45. The van der Waals surface area contributed by atoms with Crippen LogP contribution in [0.3, 0.4) is 0 Å². The Labute approximate surface area is 152 Å². The van der Waals surface area contributed by atoms with Crippen molar-refractivity contribution in [1.82, 2.24) is 19.9 Å². The number of ether oxygens (including phenoxy) is 2. The quantitative estimate of drug-likeness (QED) is 0.834. The number of aromatic nitrogens is 3. The molecule has 7 heteroatoms. The monoisotopic (exact) mass is 354 g/mol. The Bertz CT molecular complexity index is 743. The van der Waals surface area contributed by atoms with Crippen LogP contribution in [0.5, 0.6) is 0 Å². The van der Waals surface area contributed by atoms with E-state index >= 15 is 0 Å². The Kier molecular flexibility index (Phi) is 4.90. The molecule has 0 saturated carbocycles. The van der Waals surface area contributed by atoms with Gasteiger partial charge in [0.2, 0.25) is 0 Å². The van der Waals surface area contributed by atoms with Gasteiger partial charge < -0.3 is 14.4 Å². The average Bonchev–Trinajstić information content (AvgIpc) is 3.09. The summed E-state index contributed by atoms with van der Waals surface area (Å²) >= 11 is 0. The van der Waals surface area contributed by atoms with Gasteiger partial charge >= 0.3 is 0 Å². The molecule has 0 aliphatic carbocycles. The van der Waals surface area contributed by atoms with Gasteiger partial charge in [0, 0.05) is 25.4 Å². The molecule has 2 saturated heterocycles. The summed E-state index contributed by atoms with van der Waals surface area (Å²) in [6.45, 7) is 2.35. The third-order valence-electron chi connectivity index (χ3n) is 5.00. The zero-order valence-electron chi connectivity index (χ0n) is 14.6. The fraction of sp³-hybridized carbons (Fsp3) is 0.474. The molecule has 136 valence electrons. The minimum atomic E-state index is -0.310. The van der Waals surface area contributed by atoms with Crippen molar-refractivity contribution < 1.29 is 14.3 Å². The van der Waals surface area contributed by atoms with E-state index < -0.39 is 0 Å². The third kappa shape index (κ3) is 3.73. The number of carbonyl (C=O) groups is 1. The van der Waals surface area contributed by atoms with E-state index in [4.69, 9.17) is 9.47 Å². The van der Waals surface area contributed by atoms with Crippen molar-refractivity contribution in [3.05, 3.63) is 54.4 Å². The molecule has 4 heterocycles. The van der Waals surface area contributed by atoms with Crippen molar-refractivity contribution >= 4 is 5.91 Å². The maximum Gasteiger partial charge on any atom is 0.272 e. The van der Waals surface area contributed by atoms with E-state index in [1.165, 1.54) is 6.33 Å². The number of rotatable bonds is 4. The molecule has 2 aromatic rings. The second kappa shape index (κ2) is 7.47. The van der Waals surface area contributed by atoms with Crippen LogP contribution in [0.15, 0.2) is 43.0 Å². The van der Waals surface area contributed by atoms with Gasteiger partial charge in [0.05, 0.1) is 37.2 Å². The van der Waals surface area contributed by atoms with Gasteiger partial charge in [0.25, 0.3) is 5.91 Å². The average molecular weight is 354 g/mol. The number of piperidine rings is 1. The van der Waals surface area contributed by atoms with E-state index in [2.05, 4.69) is 15.0 Å². The second-order valence-corrected chi connectivity index (χ2v) is 6.88. The van der Waals surface area contributed by atoms with Crippen LogP contribution in [0.4, 0.5) is 0 Å². The molecule has 2 atom stereocenters. The van der Waals surface area contributed by atoms with Gasteiger partial charge in [-0.1, -0.05) is 6.07 Å². The second-order valence-electron chi connectivity index (χ2n) is 6.88. The van der Waals surface area contributed by atoms with Crippen LogP contribution in [0.2, 0.25) is 0 Å². The largest absolute Gasteiger partial charge is 0.370 e. The summed E-state index contributed by atoms with van der Waals surface area (Å²) in [7, 11) is 0. The number of hydrogen-bond acceptors (Lipinski definition) is 6. The molecular weight excluding hydrogens is 332 g/mol. The van der Waals surface area contributed by atoms with Crippen molar-refractivity contribution in [2.75, 3.05) is 19.7 Å². The van der Waals surface area contributed by atoms with Crippen molar-refractivity contribution in [3.8, 4) is 0 Å². The van der Waals surface area contributed by atoms with E-state index in [1.54, 1.807) is 18.5 Å². The summed E-state index contributed by atoms with van der Waals surface area (Å²) < 4.78 is 12.1. The lowest BCUT2D eigenvalue weighted by molar-refractivity contribution is -0.0467. The van der Waals surface area contributed by atoms with Gasteiger partial charge in [-0.25, -0.2) is 9.97 Å². The SMILES string of the molecule is O=C(c1ccncn1)N1CCC[C@]2(C[C@H](OCc3ccccn3)CO2)C1. The number of likely N-dealkylation sites (tertiary alicyclic amines) is 1. The Morgan fingerprint density at radius 2 is 2.27 bits per heavy atom. The highest BCUT2D eigenvalue weighted by molar-refractivity contribution is 5.92. The molecule has 2 aliphatic heterocycles. The zero-order valence-corrected chi connectivity index (χ0v) is 14.6. The van der Waals surface area contributed by atoms with E-state index in [9.17, 15) is 4.79 Å². The molecule has 26 heavy (non-hydrogen) atoms. The molecule has 1 amide bonds. The first-order valence-corrected chi connectivity index (χ1v) is 8.95. The summed E-state index contributed by atoms with van der Waals surface area (Å²) in [5, 5.41) is 0. The van der Waals surface area contributed by atoms with E-state index in [-0.39, 0.29) is 17.6 Å². The third-order valence-corrected chi connectivity index (χ3v) is 5.00. The van der Waals surface area contributed by atoms with Crippen molar-refractivity contribution in [1.29, 1.82) is 0 Å². The van der Waals surface area contributed by atoms with Crippen LogP contribution in [0.25, 0.3) is 0 Å². The lowest BCUT2D eigenvalue weighted by Crippen LogP contribution is -2.50. The molecule has 2 aromatic heterocycles. The summed E-state index contributed by atoms with van der Waals surface area (Å²) in [5.41, 5.74) is 1.03. The topological polar surface area (TPSA) is 77.4 Å². The van der Waals surface area contributed by atoms with Crippen molar-refractivity contribution in [2.24, 2.45) is 0 Å². The van der Waals surface area contributed by atoms with Crippen LogP contribution in [0.1, 0.15) is 35.4 Å². The van der Waals surface area contributed by atoms with Gasteiger partial charge in [0.15, 0.2) is 0 Å². The molecule has 1 spiro atoms. The van der Waals surface area contributed by atoms with Gasteiger partial charge in [-0.2, -0.15) is 0 Å². The van der Waals surface area contributed by atoms with Gasteiger partial charge in [-0.3, -0.25) is 9.78 Å². The first kappa shape index (κ1) is 17.1. The minimum Gasteiger partial charge on any atom is -0.370 e. The zero-order chi connectivity index (χ0) is 17.8. The molecule has 2 aliphatic rings. The number of pyridine rings is 1. The molecule has 2 fully saturated rings. The molecular formula is C19H22N4O3. The first-order valence-electron chi connectivity index (χ1n) is 8.95. The molecule has 4 rings (SSSR count). The summed E-state index contributed by atoms with van der Waals surface area (Å²) in [6, 6.07) is 7.45. The van der Waals surface area contributed by atoms with Crippen LogP contribution in [-0.4, -0.2) is 57.2 Å². The van der Waals surface area contributed by atoms with Gasteiger partial charge in [-0.05, 0) is 31.0 Å². The Morgan fingerprint density at radius 1 is 1.31 bits per heavy atom. The van der Waals surface area contributed by atoms with E-state index in [0.717, 1.165) is 31.5 Å². The predicted molar refractivity (Wildman–Crippen MR) is 93.3 cm³/mol. The fourth-order valence-corrected chi connectivity index (χ4v) is 3.73. The Hall–Kier alpha value is -2.38. The van der Waals surface area contributed by atoms with Gasteiger partial charge in [0.1, 0.15) is 12.0 Å². The van der Waals surface area contributed by atoms with Crippen molar-refractivity contribution in [2.45, 2.75) is 37.6 Å². The lowest BCUT2D eigenvalue weighted by atomic mass is 9.89. The number of carbonyl (C=O) groups excluding carboxylic acids is 1. The Morgan fingerprint density at radius 3 is 3.08 bits per heavy atom. The number of hydrogen-bond donors (Lipinski definition) is 0. The summed E-state index contributed by atoms with van der Waals surface area (Å²) in [4.78, 5) is 26.7. The highest BCUT2D eigenvalue weighted by Crippen LogP contribution is 2.36. The normalized spacial score (nSPS) is 25.5. The highest BCUT2D eigenvalue weighted by atomic mass is 16.6. The fourth-order valence-electron chi connectivity index (χ4n) is 3.73. The predicted octanol–water partition coefficient (Wildman–Crippen LogP) is 1.85. The number of nitrogens with zero attached hydrogens (tertiary/aromatic N) is 4. The van der Waals surface area contributed by atoms with E-state index in [1.807, 2.05) is 23.1 Å². The number of amides is 1. The summed E-state index contributed by atoms with van der Waals surface area (Å²) in [5.74, 6) is -0.0621. The molecule has 0 bridgehead atoms.